The lowest BCUT2D eigenvalue weighted by molar-refractivity contribution is -0.0732. The Kier molecular flexibility index (Phi) is 7.59. The number of nitrogens with zero attached hydrogens (tertiary/aromatic N) is 2. The van der Waals surface area contributed by atoms with Crippen molar-refractivity contribution in [3.63, 3.8) is 0 Å². The number of ether oxygens (including phenoxy) is 2. The Balaban J connectivity index is 1.33. The van der Waals surface area contributed by atoms with Crippen LogP contribution in [0.2, 0.25) is 0 Å². The van der Waals surface area contributed by atoms with Gasteiger partial charge in [-0.1, -0.05) is 72.8 Å². The van der Waals surface area contributed by atoms with Gasteiger partial charge in [0.25, 0.3) is 0 Å². The number of benzene rings is 3. The SMILES string of the molecule is c1ccc(-c2ccccc2CC2(OCCN3CCOCC3)CCN(c3ccccc3)CC2)cc1. The quantitative estimate of drug-likeness (QED) is 0.460. The summed E-state index contributed by atoms with van der Waals surface area (Å²) in [7, 11) is 0. The predicted octanol–water partition coefficient (Wildman–Crippen LogP) is 5.28. The van der Waals surface area contributed by atoms with Gasteiger partial charge in [-0.2, -0.15) is 0 Å². The van der Waals surface area contributed by atoms with Gasteiger partial charge in [-0.3, -0.25) is 4.90 Å². The number of morpholine rings is 1. The van der Waals surface area contributed by atoms with E-state index < -0.39 is 0 Å². The van der Waals surface area contributed by atoms with Gasteiger partial charge in [0.1, 0.15) is 0 Å². The molecule has 2 aliphatic heterocycles. The van der Waals surface area contributed by atoms with E-state index in [0.717, 1.165) is 71.8 Å². The maximum atomic E-state index is 6.84. The molecule has 2 heterocycles. The molecule has 2 aliphatic rings. The maximum Gasteiger partial charge on any atom is 0.0757 e. The molecule has 5 rings (SSSR count). The number of anilines is 1. The molecule has 4 nitrogen and oxygen atoms in total. The van der Waals surface area contributed by atoms with Crippen molar-refractivity contribution >= 4 is 5.69 Å². The van der Waals surface area contributed by atoms with Crippen molar-refractivity contribution in [2.24, 2.45) is 0 Å². The Morgan fingerprint density at radius 2 is 1.38 bits per heavy atom. The molecule has 0 unspecified atom stereocenters. The van der Waals surface area contributed by atoms with Gasteiger partial charge in [0.05, 0.1) is 25.4 Å². The van der Waals surface area contributed by atoms with Crippen LogP contribution in [-0.4, -0.2) is 63.0 Å². The summed E-state index contributed by atoms with van der Waals surface area (Å²) in [6.07, 6.45) is 3.02. The molecule has 0 aliphatic carbocycles. The van der Waals surface area contributed by atoms with E-state index in [1.807, 2.05) is 0 Å². The topological polar surface area (TPSA) is 24.9 Å². The lowest BCUT2D eigenvalue weighted by Gasteiger charge is -2.43. The van der Waals surface area contributed by atoms with E-state index in [0.29, 0.717) is 0 Å². The largest absolute Gasteiger partial charge is 0.379 e. The normalized spacial score (nSPS) is 18.6. The molecule has 0 N–H and O–H groups in total. The molecule has 178 valence electrons. The molecule has 4 heteroatoms. The molecule has 0 spiro atoms. The zero-order valence-corrected chi connectivity index (χ0v) is 20.1. The molecule has 3 aromatic rings. The smallest absolute Gasteiger partial charge is 0.0757 e. The van der Waals surface area contributed by atoms with Crippen molar-refractivity contribution in [3.8, 4) is 11.1 Å². The fourth-order valence-electron chi connectivity index (χ4n) is 5.32. The molecule has 0 saturated carbocycles. The maximum absolute atomic E-state index is 6.84. The van der Waals surface area contributed by atoms with Gasteiger partial charge in [-0.25, -0.2) is 0 Å². The lowest BCUT2D eigenvalue weighted by Crippen LogP contribution is -2.49. The monoisotopic (exact) mass is 456 g/mol. The summed E-state index contributed by atoms with van der Waals surface area (Å²) in [5.41, 5.74) is 5.16. The minimum atomic E-state index is -0.136. The zero-order chi connectivity index (χ0) is 23.1. The Morgan fingerprint density at radius 1 is 0.735 bits per heavy atom. The fraction of sp³-hybridized carbons (Fsp3) is 0.400. The van der Waals surface area contributed by atoms with Crippen LogP contribution < -0.4 is 4.90 Å². The Hall–Kier alpha value is -2.66. The van der Waals surface area contributed by atoms with Gasteiger partial charge in [0.2, 0.25) is 0 Å². The summed E-state index contributed by atoms with van der Waals surface area (Å²) >= 11 is 0. The average molecular weight is 457 g/mol. The van der Waals surface area contributed by atoms with Crippen LogP contribution in [0.3, 0.4) is 0 Å². The summed E-state index contributed by atoms with van der Waals surface area (Å²) in [5.74, 6) is 0. The third-order valence-corrected chi connectivity index (χ3v) is 7.33. The molecular weight excluding hydrogens is 420 g/mol. The summed E-state index contributed by atoms with van der Waals surface area (Å²) < 4.78 is 12.4. The Labute approximate surface area is 204 Å². The Morgan fingerprint density at radius 3 is 2.12 bits per heavy atom. The highest BCUT2D eigenvalue weighted by atomic mass is 16.5. The number of piperidine rings is 1. The van der Waals surface area contributed by atoms with E-state index in [1.165, 1.54) is 22.4 Å². The highest BCUT2D eigenvalue weighted by Crippen LogP contribution is 2.35. The lowest BCUT2D eigenvalue weighted by atomic mass is 9.82. The first-order valence-electron chi connectivity index (χ1n) is 12.7. The number of para-hydroxylation sites is 1. The van der Waals surface area contributed by atoms with Crippen LogP contribution in [0.25, 0.3) is 11.1 Å². The fourth-order valence-corrected chi connectivity index (χ4v) is 5.32. The van der Waals surface area contributed by atoms with E-state index in [1.54, 1.807) is 0 Å². The molecule has 0 bridgehead atoms. The van der Waals surface area contributed by atoms with E-state index in [9.17, 15) is 0 Å². The number of hydrogen-bond donors (Lipinski definition) is 0. The third kappa shape index (κ3) is 5.69. The van der Waals surface area contributed by atoms with Gasteiger partial charge in [-0.05, 0) is 41.7 Å². The first-order valence-corrected chi connectivity index (χ1v) is 12.7. The summed E-state index contributed by atoms with van der Waals surface area (Å²) in [4.78, 5) is 4.97. The second-order valence-electron chi connectivity index (χ2n) is 9.51. The summed E-state index contributed by atoms with van der Waals surface area (Å²) in [5, 5.41) is 0. The molecule has 0 aromatic heterocycles. The van der Waals surface area contributed by atoms with Crippen LogP contribution in [0.15, 0.2) is 84.9 Å². The van der Waals surface area contributed by atoms with Crippen molar-refractivity contribution in [1.82, 2.24) is 4.90 Å². The van der Waals surface area contributed by atoms with Crippen LogP contribution in [-0.2, 0) is 15.9 Å². The van der Waals surface area contributed by atoms with E-state index in [2.05, 4.69) is 94.7 Å². The van der Waals surface area contributed by atoms with E-state index in [4.69, 9.17) is 9.47 Å². The van der Waals surface area contributed by atoms with Crippen LogP contribution in [0.1, 0.15) is 18.4 Å². The number of hydrogen-bond acceptors (Lipinski definition) is 4. The van der Waals surface area contributed by atoms with Gasteiger partial charge in [0, 0.05) is 44.8 Å². The van der Waals surface area contributed by atoms with Crippen LogP contribution >= 0.6 is 0 Å². The van der Waals surface area contributed by atoms with Crippen LogP contribution in [0.4, 0.5) is 5.69 Å². The standard InChI is InChI=1S/C30H36N2O2/c1-3-9-26(10-4-1)29-14-8-7-11-27(29)25-30(34-24-21-31-19-22-33-23-20-31)15-17-32(18-16-30)28-12-5-2-6-13-28/h1-14H,15-25H2. The molecular formula is C30H36N2O2. The van der Waals surface area contributed by atoms with Crippen LogP contribution in [0.5, 0.6) is 0 Å². The van der Waals surface area contributed by atoms with Gasteiger partial charge in [0.15, 0.2) is 0 Å². The van der Waals surface area contributed by atoms with Crippen molar-refractivity contribution in [2.75, 3.05) is 57.4 Å². The van der Waals surface area contributed by atoms with Crippen molar-refractivity contribution in [2.45, 2.75) is 24.9 Å². The van der Waals surface area contributed by atoms with E-state index in [-0.39, 0.29) is 5.60 Å². The minimum absolute atomic E-state index is 0.136. The summed E-state index contributed by atoms with van der Waals surface area (Å²) in [6, 6.07) is 30.4. The first kappa shape index (κ1) is 23.1. The van der Waals surface area contributed by atoms with Crippen LogP contribution in [0, 0.1) is 0 Å². The highest BCUT2D eigenvalue weighted by molar-refractivity contribution is 5.67. The predicted molar refractivity (Wildman–Crippen MR) is 139 cm³/mol. The number of rotatable bonds is 8. The second-order valence-corrected chi connectivity index (χ2v) is 9.51. The summed E-state index contributed by atoms with van der Waals surface area (Å²) in [6.45, 7) is 7.49. The van der Waals surface area contributed by atoms with Gasteiger partial charge >= 0.3 is 0 Å². The molecule has 2 fully saturated rings. The van der Waals surface area contributed by atoms with Crippen molar-refractivity contribution in [1.29, 1.82) is 0 Å². The van der Waals surface area contributed by atoms with Crippen molar-refractivity contribution < 1.29 is 9.47 Å². The molecule has 0 atom stereocenters. The third-order valence-electron chi connectivity index (χ3n) is 7.33. The molecule has 34 heavy (non-hydrogen) atoms. The van der Waals surface area contributed by atoms with E-state index >= 15 is 0 Å². The van der Waals surface area contributed by atoms with Gasteiger partial charge in [-0.15, -0.1) is 0 Å². The minimum Gasteiger partial charge on any atom is -0.379 e. The average Bonchev–Trinajstić information content (AvgIpc) is 2.91. The molecule has 3 aromatic carbocycles. The zero-order valence-electron chi connectivity index (χ0n) is 20.1. The molecule has 2 saturated heterocycles. The molecule has 0 radical (unpaired) electrons. The van der Waals surface area contributed by atoms with Crippen molar-refractivity contribution in [3.05, 3.63) is 90.5 Å². The van der Waals surface area contributed by atoms with Gasteiger partial charge < -0.3 is 14.4 Å². The molecule has 0 amide bonds. The second kappa shape index (κ2) is 11.2. The highest BCUT2D eigenvalue weighted by Gasteiger charge is 2.36. The Bertz CT molecular complexity index is 1010. The first-order chi connectivity index (χ1) is 16.8.